The van der Waals surface area contributed by atoms with Crippen molar-refractivity contribution in [2.75, 3.05) is 26.8 Å². The molecule has 0 radical (unpaired) electrons. The summed E-state index contributed by atoms with van der Waals surface area (Å²) in [6, 6.07) is 12.7. The zero-order chi connectivity index (χ0) is 23.2. The number of benzene rings is 2. The van der Waals surface area contributed by atoms with E-state index < -0.39 is 17.5 Å². The average Bonchev–Trinajstić information content (AvgIpc) is 3.06. The van der Waals surface area contributed by atoms with Gasteiger partial charge in [0, 0.05) is 7.05 Å². The van der Waals surface area contributed by atoms with Crippen molar-refractivity contribution in [2.24, 2.45) is 0 Å². The number of rotatable bonds is 4. The summed E-state index contributed by atoms with van der Waals surface area (Å²) in [7, 11) is 1.74. The third kappa shape index (κ3) is 3.59. The highest BCUT2D eigenvalue weighted by molar-refractivity contribution is 6.09. The number of urea groups is 1. The molecule has 0 spiro atoms. The lowest BCUT2D eigenvalue weighted by Gasteiger charge is -2.34. The minimum Gasteiger partial charge on any atom is -0.486 e. The first kappa shape index (κ1) is 21.3. The fraction of sp³-hybridized carbons (Fsp3) is 0.400. The van der Waals surface area contributed by atoms with Crippen LogP contribution in [-0.4, -0.2) is 54.5 Å². The maximum atomic E-state index is 13.3. The van der Waals surface area contributed by atoms with Crippen LogP contribution in [0.25, 0.3) is 0 Å². The molecule has 1 saturated heterocycles. The number of carbonyl (C=O) groups is 3. The molecule has 4 amide bonds. The third-order valence-corrected chi connectivity index (χ3v) is 6.89. The number of imide groups is 1. The van der Waals surface area contributed by atoms with E-state index in [2.05, 4.69) is 17.4 Å². The SMILES string of the molecule is CN(C(=O)CN1C(=O)N[C@](C)(c2ccc3c(c2)OCCO3)C1=O)[C@H]1CCCc2ccccc21. The first-order chi connectivity index (χ1) is 15.9. The maximum absolute atomic E-state index is 13.3. The smallest absolute Gasteiger partial charge is 0.325 e. The Morgan fingerprint density at radius 1 is 1.15 bits per heavy atom. The number of ether oxygens (including phenoxy) is 2. The van der Waals surface area contributed by atoms with Crippen molar-refractivity contribution >= 4 is 17.8 Å². The number of likely N-dealkylation sites (N-methyl/N-ethyl adjacent to an activating group) is 1. The average molecular weight is 450 g/mol. The van der Waals surface area contributed by atoms with E-state index in [1.807, 2.05) is 12.1 Å². The number of amides is 4. The van der Waals surface area contributed by atoms with Crippen LogP contribution in [0, 0.1) is 0 Å². The van der Waals surface area contributed by atoms with E-state index in [-0.39, 0.29) is 18.5 Å². The Balaban J connectivity index is 1.34. The molecule has 3 aliphatic rings. The van der Waals surface area contributed by atoms with Gasteiger partial charge in [-0.25, -0.2) is 4.79 Å². The van der Waals surface area contributed by atoms with Crippen LogP contribution in [-0.2, 0) is 21.5 Å². The van der Waals surface area contributed by atoms with Crippen LogP contribution in [0.4, 0.5) is 4.79 Å². The van der Waals surface area contributed by atoms with Crippen LogP contribution >= 0.6 is 0 Å². The first-order valence-electron chi connectivity index (χ1n) is 11.3. The molecular weight excluding hydrogens is 422 g/mol. The Labute approximate surface area is 192 Å². The molecule has 2 aromatic carbocycles. The number of nitrogens with zero attached hydrogens (tertiary/aromatic N) is 2. The van der Waals surface area contributed by atoms with Gasteiger partial charge in [0.2, 0.25) is 5.91 Å². The van der Waals surface area contributed by atoms with Gasteiger partial charge in [-0.15, -0.1) is 0 Å². The Bertz CT molecular complexity index is 1130. The number of fused-ring (bicyclic) bond motifs is 2. The van der Waals surface area contributed by atoms with Crippen LogP contribution in [0.1, 0.15) is 42.5 Å². The lowest BCUT2D eigenvalue weighted by atomic mass is 9.87. The van der Waals surface area contributed by atoms with Crippen LogP contribution in [0.15, 0.2) is 42.5 Å². The summed E-state index contributed by atoms with van der Waals surface area (Å²) in [5.41, 5.74) is 1.67. The monoisotopic (exact) mass is 449 g/mol. The number of hydrogen-bond donors (Lipinski definition) is 1. The van der Waals surface area contributed by atoms with Crippen molar-refractivity contribution in [3.63, 3.8) is 0 Å². The van der Waals surface area contributed by atoms with Gasteiger partial charge in [0.05, 0.1) is 6.04 Å². The van der Waals surface area contributed by atoms with E-state index >= 15 is 0 Å². The molecule has 8 heteroatoms. The third-order valence-electron chi connectivity index (χ3n) is 6.89. The molecule has 1 N–H and O–H groups in total. The van der Waals surface area contributed by atoms with Crippen molar-refractivity contribution in [1.82, 2.24) is 15.1 Å². The summed E-state index contributed by atoms with van der Waals surface area (Å²) in [6.07, 6.45) is 2.84. The molecule has 2 heterocycles. The number of hydrogen-bond acceptors (Lipinski definition) is 5. The number of aryl methyl sites for hydroxylation is 1. The molecule has 2 aliphatic heterocycles. The molecule has 0 aromatic heterocycles. The van der Waals surface area contributed by atoms with E-state index in [4.69, 9.17) is 9.47 Å². The predicted molar refractivity (Wildman–Crippen MR) is 120 cm³/mol. The van der Waals surface area contributed by atoms with Gasteiger partial charge >= 0.3 is 6.03 Å². The molecule has 5 rings (SSSR count). The summed E-state index contributed by atoms with van der Waals surface area (Å²) in [5.74, 6) is 0.403. The summed E-state index contributed by atoms with van der Waals surface area (Å²) in [4.78, 5) is 41.9. The summed E-state index contributed by atoms with van der Waals surface area (Å²) in [6.45, 7) is 2.23. The van der Waals surface area contributed by atoms with Crippen molar-refractivity contribution in [1.29, 1.82) is 0 Å². The van der Waals surface area contributed by atoms with Gasteiger partial charge < -0.3 is 19.7 Å². The number of carbonyl (C=O) groups excluding carboxylic acids is 3. The van der Waals surface area contributed by atoms with Crippen molar-refractivity contribution < 1.29 is 23.9 Å². The maximum Gasteiger partial charge on any atom is 0.325 e. The fourth-order valence-electron chi connectivity index (χ4n) is 4.94. The van der Waals surface area contributed by atoms with E-state index in [1.165, 1.54) is 5.56 Å². The predicted octanol–water partition coefficient (Wildman–Crippen LogP) is 2.76. The van der Waals surface area contributed by atoms with Gasteiger partial charge in [0.1, 0.15) is 25.3 Å². The molecule has 2 aromatic rings. The fourth-order valence-corrected chi connectivity index (χ4v) is 4.94. The second kappa shape index (κ2) is 8.10. The van der Waals surface area contributed by atoms with E-state index in [0.29, 0.717) is 30.3 Å². The van der Waals surface area contributed by atoms with Crippen LogP contribution in [0.2, 0.25) is 0 Å². The van der Waals surface area contributed by atoms with Crippen molar-refractivity contribution in [3.8, 4) is 11.5 Å². The van der Waals surface area contributed by atoms with Gasteiger partial charge in [-0.3, -0.25) is 14.5 Å². The summed E-state index contributed by atoms with van der Waals surface area (Å²) in [5, 5.41) is 2.76. The quantitative estimate of drug-likeness (QED) is 0.726. The minimum absolute atomic E-state index is 0.0626. The van der Waals surface area contributed by atoms with Gasteiger partial charge in [-0.1, -0.05) is 30.3 Å². The summed E-state index contributed by atoms with van der Waals surface area (Å²) >= 11 is 0. The van der Waals surface area contributed by atoms with E-state index in [9.17, 15) is 14.4 Å². The highest BCUT2D eigenvalue weighted by atomic mass is 16.6. The van der Waals surface area contributed by atoms with Gasteiger partial charge in [-0.05, 0) is 55.0 Å². The molecular formula is C25H27N3O5. The van der Waals surface area contributed by atoms with Crippen LogP contribution in [0.3, 0.4) is 0 Å². The Kier molecular flexibility index (Phi) is 5.23. The summed E-state index contributed by atoms with van der Waals surface area (Å²) < 4.78 is 11.2. The zero-order valence-corrected chi connectivity index (χ0v) is 18.8. The minimum atomic E-state index is -1.29. The molecule has 33 heavy (non-hydrogen) atoms. The lowest BCUT2D eigenvalue weighted by Crippen LogP contribution is -2.44. The molecule has 8 nitrogen and oxygen atoms in total. The highest BCUT2D eigenvalue weighted by Gasteiger charge is 2.50. The first-order valence-corrected chi connectivity index (χ1v) is 11.3. The second-order valence-corrected chi connectivity index (χ2v) is 8.92. The van der Waals surface area contributed by atoms with Gasteiger partial charge in [0.15, 0.2) is 11.5 Å². The Hall–Kier alpha value is -3.55. The zero-order valence-electron chi connectivity index (χ0n) is 18.8. The molecule has 0 unspecified atom stereocenters. The van der Waals surface area contributed by atoms with Crippen LogP contribution < -0.4 is 14.8 Å². The molecule has 0 bridgehead atoms. The highest BCUT2D eigenvalue weighted by Crippen LogP contribution is 2.37. The normalized spacial score (nSPS) is 23.7. The van der Waals surface area contributed by atoms with Crippen molar-refractivity contribution in [2.45, 2.75) is 37.8 Å². The molecule has 1 fully saturated rings. The Morgan fingerprint density at radius 2 is 1.91 bits per heavy atom. The van der Waals surface area contributed by atoms with E-state index in [0.717, 1.165) is 29.7 Å². The second-order valence-electron chi connectivity index (χ2n) is 8.92. The van der Waals surface area contributed by atoms with E-state index in [1.54, 1.807) is 37.1 Å². The van der Waals surface area contributed by atoms with Gasteiger partial charge in [-0.2, -0.15) is 0 Å². The number of nitrogens with one attached hydrogen (secondary N) is 1. The topological polar surface area (TPSA) is 88.2 Å². The van der Waals surface area contributed by atoms with Gasteiger partial charge in [0.25, 0.3) is 5.91 Å². The van der Waals surface area contributed by atoms with Crippen molar-refractivity contribution in [3.05, 3.63) is 59.2 Å². The molecule has 1 aliphatic carbocycles. The lowest BCUT2D eigenvalue weighted by molar-refractivity contribution is -0.139. The van der Waals surface area contributed by atoms with Crippen LogP contribution in [0.5, 0.6) is 11.5 Å². The molecule has 0 saturated carbocycles. The Morgan fingerprint density at radius 3 is 2.73 bits per heavy atom. The standard InChI is InChI=1S/C25H27N3O5/c1-25(17-10-11-20-21(14-17)33-13-12-32-20)23(30)28(24(31)26-25)15-22(29)27(2)19-9-5-7-16-6-3-4-8-18(16)19/h3-4,6,8,10-11,14,19H,5,7,9,12-13,15H2,1-2H3,(H,26,31)/t19-,25+/m0/s1. The molecule has 172 valence electrons. The molecule has 2 atom stereocenters. The largest absolute Gasteiger partial charge is 0.486 e.